The maximum absolute atomic E-state index is 11.5. The SMILES string of the molecule is O=c1[nH]cnc2cc(C(O)C(O)CCCl)ccc12. The molecule has 2 unspecified atom stereocenters. The summed E-state index contributed by atoms with van der Waals surface area (Å²) in [6.07, 6.45) is -0.365. The molecule has 6 heteroatoms. The number of nitrogens with one attached hydrogen (secondary N) is 1. The predicted molar refractivity (Wildman–Crippen MR) is 68.7 cm³/mol. The number of H-pyrrole nitrogens is 1. The van der Waals surface area contributed by atoms with Crippen molar-refractivity contribution in [3.05, 3.63) is 40.4 Å². The van der Waals surface area contributed by atoms with Crippen LogP contribution in [0.2, 0.25) is 0 Å². The van der Waals surface area contributed by atoms with E-state index in [4.69, 9.17) is 11.6 Å². The van der Waals surface area contributed by atoms with Gasteiger partial charge in [0.1, 0.15) is 6.10 Å². The highest BCUT2D eigenvalue weighted by atomic mass is 35.5. The Morgan fingerprint density at radius 1 is 1.39 bits per heavy atom. The fraction of sp³-hybridized carbons (Fsp3) is 0.333. The van der Waals surface area contributed by atoms with Gasteiger partial charge in [-0.3, -0.25) is 4.79 Å². The van der Waals surface area contributed by atoms with E-state index in [1.165, 1.54) is 6.33 Å². The van der Waals surface area contributed by atoms with E-state index in [9.17, 15) is 15.0 Å². The van der Waals surface area contributed by atoms with E-state index >= 15 is 0 Å². The van der Waals surface area contributed by atoms with Gasteiger partial charge in [-0.25, -0.2) is 4.98 Å². The fourth-order valence-corrected chi connectivity index (χ4v) is 1.99. The van der Waals surface area contributed by atoms with Crippen molar-refractivity contribution >= 4 is 22.5 Å². The van der Waals surface area contributed by atoms with Crippen LogP contribution in [0.3, 0.4) is 0 Å². The van der Waals surface area contributed by atoms with E-state index in [0.29, 0.717) is 22.9 Å². The number of benzene rings is 1. The van der Waals surface area contributed by atoms with Gasteiger partial charge in [-0.05, 0) is 24.1 Å². The minimum Gasteiger partial charge on any atom is -0.390 e. The highest BCUT2D eigenvalue weighted by molar-refractivity contribution is 6.17. The zero-order valence-corrected chi connectivity index (χ0v) is 10.3. The van der Waals surface area contributed by atoms with E-state index in [1.54, 1.807) is 18.2 Å². The maximum Gasteiger partial charge on any atom is 0.258 e. The van der Waals surface area contributed by atoms with Gasteiger partial charge in [0, 0.05) is 5.88 Å². The van der Waals surface area contributed by atoms with Crippen LogP contribution in [-0.2, 0) is 0 Å². The second kappa shape index (κ2) is 5.48. The normalized spacial score (nSPS) is 14.6. The summed E-state index contributed by atoms with van der Waals surface area (Å²) in [4.78, 5) is 18.0. The smallest absolute Gasteiger partial charge is 0.258 e. The molecule has 3 N–H and O–H groups in total. The van der Waals surface area contributed by atoms with Gasteiger partial charge in [0.15, 0.2) is 0 Å². The van der Waals surface area contributed by atoms with Crippen LogP contribution in [0.1, 0.15) is 18.1 Å². The molecule has 0 saturated heterocycles. The Bertz CT molecular complexity index is 599. The van der Waals surface area contributed by atoms with E-state index in [1.807, 2.05) is 0 Å². The van der Waals surface area contributed by atoms with E-state index in [-0.39, 0.29) is 11.4 Å². The first-order chi connectivity index (χ1) is 8.63. The Morgan fingerprint density at radius 3 is 2.89 bits per heavy atom. The molecule has 5 nitrogen and oxygen atoms in total. The van der Waals surface area contributed by atoms with Gasteiger partial charge in [0.2, 0.25) is 0 Å². The van der Waals surface area contributed by atoms with Crippen LogP contribution in [0.4, 0.5) is 0 Å². The molecule has 0 bridgehead atoms. The number of aromatic nitrogens is 2. The van der Waals surface area contributed by atoms with Crippen molar-refractivity contribution in [2.75, 3.05) is 5.88 Å². The number of alkyl halides is 1. The lowest BCUT2D eigenvalue weighted by Crippen LogP contribution is -2.19. The second-order valence-electron chi connectivity index (χ2n) is 4.00. The minimum atomic E-state index is -1.03. The number of aliphatic hydroxyl groups is 2. The number of nitrogens with zero attached hydrogens (tertiary/aromatic N) is 1. The number of hydrogen-bond donors (Lipinski definition) is 3. The summed E-state index contributed by atoms with van der Waals surface area (Å²) >= 11 is 5.51. The third-order valence-corrected chi connectivity index (χ3v) is 2.99. The molecular weight excluding hydrogens is 256 g/mol. The zero-order valence-electron chi connectivity index (χ0n) is 9.51. The van der Waals surface area contributed by atoms with Crippen molar-refractivity contribution in [3.63, 3.8) is 0 Å². The molecule has 0 amide bonds. The van der Waals surface area contributed by atoms with Gasteiger partial charge in [0.25, 0.3) is 5.56 Å². The Morgan fingerprint density at radius 2 is 2.17 bits per heavy atom. The van der Waals surface area contributed by atoms with Crippen LogP contribution >= 0.6 is 11.6 Å². The molecule has 18 heavy (non-hydrogen) atoms. The molecule has 0 aliphatic carbocycles. The summed E-state index contributed by atoms with van der Waals surface area (Å²) in [7, 11) is 0. The van der Waals surface area contributed by atoms with E-state index in [2.05, 4.69) is 9.97 Å². The molecule has 0 fully saturated rings. The van der Waals surface area contributed by atoms with Gasteiger partial charge < -0.3 is 15.2 Å². The Balaban J connectivity index is 2.38. The molecular formula is C12H13ClN2O3. The summed E-state index contributed by atoms with van der Waals surface area (Å²) in [5, 5.41) is 20.0. The summed E-state index contributed by atoms with van der Waals surface area (Å²) in [5.74, 6) is 0.268. The lowest BCUT2D eigenvalue weighted by atomic mass is 10.0. The van der Waals surface area contributed by atoms with E-state index in [0.717, 1.165) is 0 Å². The van der Waals surface area contributed by atoms with Gasteiger partial charge in [0.05, 0.1) is 23.3 Å². The van der Waals surface area contributed by atoms with Crippen molar-refractivity contribution in [3.8, 4) is 0 Å². The average Bonchev–Trinajstić information content (AvgIpc) is 2.38. The molecule has 0 radical (unpaired) electrons. The van der Waals surface area contributed by atoms with Crippen LogP contribution in [0.15, 0.2) is 29.3 Å². The molecule has 1 aromatic carbocycles. The number of aromatic amines is 1. The molecule has 0 saturated carbocycles. The first-order valence-corrected chi connectivity index (χ1v) is 6.06. The first-order valence-electron chi connectivity index (χ1n) is 5.53. The second-order valence-corrected chi connectivity index (χ2v) is 4.38. The van der Waals surface area contributed by atoms with Crippen LogP contribution in [0, 0.1) is 0 Å². The molecule has 2 aromatic rings. The summed E-state index contributed by atoms with van der Waals surface area (Å²) in [6, 6.07) is 4.77. The first kappa shape index (κ1) is 13.0. The molecule has 0 spiro atoms. The standard InChI is InChI=1S/C12H13ClN2O3/c13-4-3-10(16)11(17)7-1-2-8-9(5-7)14-6-15-12(8)18/h1-2,5-6,10-11,16-17H,3-4H2,(H,14,15,18). The van der Waals surface area contributed by atoms with Crippen molar-refractivity contribution < 1.29 is 10.2 Å². The molecule has 96 valence electrons. The number of halogens is 1. The van der Waals surface area contributed by atoms with Crippen LogP contribution in [0.5, 0.6) is 0 Å². The minimum absolute atomic E-state index is 0.234. The van der Waals surface area contributed by atoms with Crippen LogP contribution in [0.25, 0.3) is 10.9 Å². The fourth-order valence-electron chi connectivity index (χ4n) is 1.76. The summed E-state index contributed by atoms with van der Waals surface area (Å²) < 4.78 is 0. The molecule has 1 heterocycles. The lowest BCUT2D eigenvalue weighted by Gasteiger charge is -2.17. The average molecular weight is 269 g/mol. The Hall–Kier alpha value is -1.43. The zero-order chi connectivity index (χ0) is 13.1. The maximum atomic E-state index is 11.5. The predicted octanol–water partition coefficient (Wildman–Crippen LogP) is 0.946. The largest absolute Gasteiger partial charge is 0.390 e. The summed E-state index contributed by atoms with van der Waals surface area (Å²) in [6.45, 7) is 0. The molecule has 2 rings (SSSR count). The number of rotatable bonds is 4. The van der Waals surface area contributed by atoms with Crippen molar-refractivity contribution in [2.45, 2.75) is 18.6 Å². The van der Waals surface area contributed by atoms with Crippen LogP contribution in [-0.4, -0.2) is 32.2 Å². The topological polar surface area (TPSA) is 86.2 Å². The van der Waals surface area contributed by atoms with E-state index < -0.39 is 12.2 Å². The third-order valence-electron chi connectivity index (χ3n) is 2.78. The van der Waals surface area contributed by atoms with Crippen molar-refractivity contribution in [1.29, 1.82) is 0 Å². The molecule has 0 aliphatic rings. The highest BCUT2D eigenvalue weighted by Crippen LogP contribution is 2.21. The highest BCUT2D eigenvalue weighted by Gasteiger charge is 2.18. The Labute approximate surface area is 108 Å². The van der Waals surface area contributed by atoms with Gasteiger partial charge in [-0.15, -0.1) is 11.6 Å². The van der Waals surface area contributed by atoms with Crippen LogP contribution < -0.4 is 5.56 Å². The molecule has 1 aromatic heterocycles. The molecule has 2 atom stereocenters. The number of fused-ring (bicyclic) bond motifs is 1. The third kappa shape index (κ3) is 2.53. The van der Waals surface area contributed by atoms with Crippen molar-refractivity contribution in [1.82, 2.24) is 9.97 Å². The number of aliphatic hydroxyl groups excluding tert-OH is 2. The summed E-state index contributed by atoms with van der Waals surface area (Å²) in [5.41, 5.74) is 0.758. The number of hydrogen-bond acceptors (Lipinski definition) is 4. The monoisotopic (exact) mass is 268 g/mol. The molecule has 0 aliphatic heterocycles. The van der Waals surface area contributed by atoms with Gasteiger partial charge >= 0.3 is 0 Å². The lowest BCUT2D eigenvalue weighted by molar-refractivity contribution is 0.0171. The Kier molecular flexibility index (Phi) is 3.96. The van der Waals surface area contributed by atoms with Crippen molar-refractivity contribution in [2.24, 2.45) is 0 Å². The van der Waals surface area contributed by atoms with Gasteiger partial charge in [-0.1, -0.05) is 6.07 Å². The van der Waals surface area contributed by atoms with Gasteiger partial charge in [-0.2, -0.15) is 0 Å². The quantitative estimate of drug-likeness (QED) is 0.721.